The van der Waals surface area contributed by atoms with Crippen molar-refractivity contribution < 1.29 is 18.7 Å². The van der Waals surface area contributed by atoms with Gasteiger partial charge in [0.05, 0.1) is 11.3 Å². The number of hydrogen-bond donors (Lipinski definition) is 3. The van der Waals surface area contributed by atoms with Crippen LogP contribution in [0.1, 0.15) is 16.2 Å². The summed E-state index contributed by atoms with van der Waals surface area (Å²) in [7, 11) is 0. The first-order valence-electron chi connectivity index (χ1n) is 5.53. The topological polar surface area (TPSA) is 78.0 Å². The zero-order valence-electron chi connectivity index (χ0n) is 9.78. The maximum atomic E-state index is 13.6. The summed E-state index contributed by atoms with van der Waals surface area (Å²) in [6, 6.07) is 2.22. The predicted molar refractivity (Wildman–Crippen MR) is 64.1 cm³/mol. The first-order chi connectivity index (χ1) is 9.09. The molecule has 0 aliphatic heterocycles. The molecule has 1 aromatic heterocycles. The number of aromatic nitrogens is 2. The van der Waals surface area contributed by atoms with Gasteiger partial charge in [0.25, 0.3) is 0 Å². The molecule has 5 nitrogen and oxygen atoms in total. The fraction of sp³-hybridized carbons (Fsp3) is 0.167. The third kappa shape index (κ3) is 2.87. The number of carbonyl (C=O) groups is 1. The summed E-state index contributed by atoms with van der Waals surface area (Å²) in [5.41, 5.74) is -0.761. The molecule has 0 unspecified atom stereocenters. The number of carboxylic acid groups (broad SMARTS) is 1. The Morgan fingerprint density at radius 2 is 2.16 bits per heavy atom. The van der Waals surface area contributed by atoms with Gasteiger partial charge in [-0.3, -0.25) is 0 Å². The van der Waals surface area contributed by atoms with Crippen molar-refractivity contribution in [3.63, 3.8) is 0 Å². The number of imidazole rings is 1. The lowest BCUT2D eigenvalue weighted by Gasteiger charge is -2.08. The van der Waals surface area contributed by atoms with Crippen LogP contribution in [0.5, 0.6) is 0 Å². The molecule has 3 N–H and O–H groups in total. The summed E-state index contributed by atoms with van der Waals surface area (Å²) >= 11 is 0. The first-order valence-corrected chi connectivity index (χ1v) is 5.53. The molecule has 0 bridgehead atoms. The number of nitrogens with zero attached hydrogens (tertiary/aromatic N) is 1. The quantitative estimate of drug-likeness (QED) is 0.774. The Labute approximate surface area is 107 Å². The van der Waals surface area contributed by atoms with Gasteiger partial charge in [-0.1, -0.05) is 0 Å². The molecule has 19 heavy (non-hydrogen) atoms. The van der Waals surface area contributed by atoms with E-state index in [0.29, 0.717) is 13.0 Å². The van der Waals surface area contributed by atoms with Gasteiger partial charge in [0.15, 0.2) is 11.6 Å². The third-order valence-corrected chi connectivity index (χ3v) is 2.54. The number of hydrogen-bond acceptors (Lipinski definition) is 3. The maximum Gasteiger partial charge on any atom is 0.338 e. The molecule has 1 aromatic carbocycles. The highest BCUT2D eigenvalue weighted by molar-refractivity contribution is 5.88. The predicted octanol–water partition coefficient (Wildman–Crippen LogP) is 2.04. The lowest BCUT2D eigenvalue weighted by atomic mass is 10.2. The van der Waals surface area contributed by atoms with Gasteiger partial charge in [-0.25, -0.2) is 18.6 Å². The van der Waals surface area contributed by atoms with E-state index in [1.54, 1.807) is 12.4 Å². The molecule has 0 aliphatic rings. The molecule has 0 atom stereocenters. The Kier molecular flexibility index (Phi) is 3.74. The molecule has 0 aliphatic carbocycles. The fourth-order valence-corrected chi connectivity index (χ4v) is 1.60. The molecule has 0 fully saturated rings. The van der Waals surface area contributed by atoms with E-state index in [0.717, 1.165) is 11.9 Å². The number of aromatic carboxylic acids is 1. The van der Waals surface area contributed by atoms with E-state index in [-0.39, 0.29) is 5.69 Å². The van der Waals surface area contributed by atoms with Crippen LogP contribution in [0.25, 0.3) is 0 Å². The van der Waals surface area contributed by atoms with Crippen LogP contribution < -0.4 is 5.32 Å². The highest BCUT2D eigenvalue weighted by Crippen LogP contribution is 2.20. The standard InChI is InChI=1S/C12H11F2N3O2/c13-10-7(12(18)19)1-2-8(11(10)14)15-4-3-9-16-5-6-17-9/h1-2,5-6,15H,3-4H2,(H,16,17)(H,18,19). The summed E-state index contributed by atoms with van der Waals surface area (Å²) < 4.78 is 27.0. The van der Waals surface area contributed by atoms with Gasteiger partial charge in [0.2, 0.25) is 0 Å². The Hall–Kier alpha value is -2.44. The van der Waals surface area contributed by atoms with Crippen molar-refractivity contribution in [2.45, 2.75) is 6.42 Å². The number of benzene rings is 1. The number of carboxylic acids is 1. The van der Waals surface area contributed by atoms with E-state index in [9.17, 15) is 13.6 Å². The second kappa shape index (κ2) is 5.47. The highest BCUT2D eigenvalue weighted by Gasteiger charge is 2.17. The van der Waals surface area contributed by atoms with Crippen molar-refractivity contribution in [3.8, 4) is 0 Å². The second-order valence-corrected chi connectivity index (χ2v) is 3.81. The Balaban J connectivity index is 2.05. The molecule has 0 radical (unpaired) electrons. The van der Waals surface area contributed by atoms with Crippen LogP contribution in [0.3, 0.4) is 0 Å². The van der Waals surface area contributed by atoms with Crippen molar-refractivity contribution in [1.29, 1.82) is 0 Å². The minimum atomic E-state index is -1.50. The Bertz CT molecular complexity index is 585. The molecule has 1 heterocycles. The molecule has 2 rings (SSSR count). The summed E-state index contributed by atoms with van der Waals surface area (Å²) in [5, 5.41) is 11.3. The van der Waals surface area contributed by atoms with Gasteiger partial charge in [-0.15, -0.1) is 0 Å². The lowest BCUT2D eigenvalue weighted by Crippen LogP contribution is -2.10. The largest absolute Gasteiger partial charge is 0.478 e. The van der Waals surface area contributed by atoms with Crippen LogP contribution >= 0.6 is 0 Å². The van der Waals surface area contributed by atoms with E-state index in [1.165, 1.54) is 6.07 Å². The van der Waals surface area contributed by atoms with E-state index >= 15 is 0 Å². The van der Waals surface area contributed by atoms with Crippen LogP contribution in [0.2, 0.25) is 0 Å². The SMILES string of the molecule is O=C(O)c1ccc(NCCc2ncc[nH]2)c(F)c1F. The van der Waals surface area contributed by atoms with Crippen molar-refractivity contribution in [1.82, 2.24) is 9.97 Å². The molecular formula is C12H11F2N3O2. The minimum Gasteiger partial charge on any atom is -0.478 e. The van der Waals surface area contributed by atoms with Crippen molar-refractivity contribution >= 4 is 11.7 Å². The van der Waals surface area contributed by atoms with Crippen molar-refractivity contribution in [2.75, 3.05) is 11.9 Å². The van der Waals surface area contributed by atoms with Crippen LogP contribution in [-0.4, -0.2) is 27.6 Å². The molecule has 0 spiro atoms. The van der Waals surface area contributed by atoms with Gasteiger partial charge in [-0.2, -0.15) is 0 Å². The Morgan fingerprint density at radius 1 is 1.37 bits per heavy atom. The lowest BCUT2D eigenvalue weighted by molar-refractivity contribution is 0.0690. The summed E-state index contributed by atoms with van der Waals surface area (Å²) in [4.78, 5) is 17.5. The van der Waals surface area contributed by atoms with Crippen LogP contribution in [0, 0.1) is 11.6 Å². The number of nitrogens with one attached hydrogen (secondary N) is 2. The number of H-pyrrole nitrogens is 1. The average Bonchev–Trinajstić information content (AvgIpc) is 2.87. The van der Waals surface area contributed by atoms with Crippen LogP contribution in [0.4, 0.5) is 14.5 Å². The first kappa shape index (κ1) is 13.0. The molecule has 0 amide bonds. The molecule has 100 valence electrons. The molecule has 0 saturated heterocycles. The normalized spacial score (nSPS) is 10.4. The monoisotopic (exact) mass is 267 g/mol. The maximum absolute atomic E-state index is 13.6. The third-order valence-electron chi connectivity index (χ3n) is 2.54. The summed E-state index contributed by atoms with van der Waals surface area (Å²) in [6.45, 7) is 0.344. The van der Waals surface area contributed by atoms with Gasteiger partial charge >= 0.3 is 5.97 Å². The number of halogens is 2. The van der Waals surface area contributed by atoms with Gasteiger partial charge in [0.1, 0.15) is 5.82 Å². The zero-order chi connectivity index (χ0) is 13.8. The van der Waals surface area contributed by atoms with E-state index in [4.69, 9.17) is 5.11 Å². The summed E-state index contributed by atoms with van der Waals surface area (Å²) in [5.74, 6) is -3.34. The number of anilines is 1. The molecule has 2 aromatic rings. The molecular weight excluding hydrogens is 256 g/mol. The van der Waals surface area contributed by atoms with Gasteiger partial charge in [-0.05, 0) is 12.1 Å². The zero-order valence-corrected chi connectivity index (χ0v) is 9.78. The minimum absolute atomic E-state index is 0.0749. The summed E-state index contributed by atoms with van der Waals surface area (Å²) in [6.07, 6.45) is 3.77. The van der Waals surface area contributed by atoms with Gasteiger partial charge in [0, 0.05) is 25.4 Å². The highest BCUT2D eigenvalue weighted by atomic mass is 19.2. The number of aromatic amines is 1. The van der Waals surface area contributed by atoms with E-state index in [1.807, 2.05) is 0 Å². The average molecular weight is 267 g/mol. The number of rotatable bonds is 5. The fourth-order valence-electron chi connectivity index (χ4n) is 1.60. The molecule has 0 saturated carbocycles. The van der Waals surface area contributed by atoms with Crippen molar-refractivity contribution in [3.05, 3.63) is 47.5 Å². The smallest absolute Gasteiger partial charge is 0.338 e. The van der Waals surface area contributed by atoms with Gasteiger partial charge < -0.3 is 15.4 Å². The van der Waals surface area contributed by atoms with E-state index < -0.39 is 23.2 Å². The molecule has 7 heteroatoms. The van der Waals surface area contributed by atoms with Crippen LogP contribution in [0.15, 0.2) is 24.5 Å². The van der Waals surface area contributed by atoms with Crippen molar-refractivity contribution in [2.24, 2.45) is 0 Å². The Morgan fingerprint density at radius 3 is 2.79 bits per heavy atom. The second-order valence-electron chi connectivity index (χ2n) is 3.81. The van der Waals surface area contributed by atoms with E-state index in [2.05, 4.69) is 15.3 Å². The van der Waals surface area contributed by atoms with Crippen LogP contribution in [-0.2, 0) is 6.42 Å².